The van der Waals surface area contributed by atoms with Crippen LogP contribution < -0.4 is 4.74 Å². The molecule has 1 aliphatic heterocycles. The number of nitrogens with zero attached hydrogens (tertiary/aromatic N) is 3. The zero-order chi connectivity index (χ0) is 21.0. The minimum atomic E-state index is -2.94. The molecule has 3 heterocycles. The van der Waals surface area contributed by atoms with E-state index in [0.29, 0.717) is 31.1 Å². The Kier molecular flexibility index (Phi) is 6.50. The van der Waals surface area contributed by atoms with E-state index in [-0.39, 0.29) is 17.5 Å². The van der Waals surface area contributed by atoms with E-state index < -0.39 is 9.84 Å². The molecule has 1 unspecified atom stereocenters. The van der Waals surface area contributed by atoms with Crippen molar-refractivity contribution in [1.82, 2.24) is 15.0 Å². The summed E-state index contributed by atoms with van der Waals surface area (Å²) in [5.74, 6) is 2.54. The van der Waals surface area contributed by atoms with Crippen molar-refractivity contribution in [3.8, 4) is 16.5 Å². The van der Waals surface area contributed by atoms with Crippen LogP contribution in [0.3, 0.4) is 0 Å². The van der Waals surface area contributed by atoms with Gasteiger partial charge in [-0.1, -0.05) is 23.4 Å². The quantitative estimate of drug-likeness (QED) is 0.497. The molecule has 7 nitrogen and oxygen atoms in total. The number of sulfone groups is 1. The Balaban J connectivity index is 1.39. The smallest absolute Gasteiger partial charge is 0.227 e. The lowest BCUT2D eigenvalue weighted by Gasteiger charge is -2.28. The SMILES string of the molecule is COc1ccc(CN(CCCc2nc(-c3cccs3)no2)C2CCS(=O)(=O)C2)cc1. The van der Waals surface area contributed by atoms with E-state index in [1.807, 2.05) is 41.8 Å². The third-order valence-electron chi connectivity index (χ3n) is 5.32. The second-order valence-corrected chi connectivity index (χ2v) is 10.6. The molecule has 1 aromatic carbocycles. The van der Waals surface area contributed by atoms with E-state index in [0.717, 1.165) is 29.2 Å². The van der Waals surface area contributed by atoms with E-state index in [1.54, 1.807) is 18.4 Å². The molecule has 0 N–H and O–H groups in total. The Hall–Kier alpha value is -2.23. The van der Waals surface area contributed by atoms with Crippen LogP contribution in [-0.2, 0) is 22.8 Å². The Bertz CT molecular complexity index is 1050. The molecule has 0 aliphatic carbocycles. The molecule has 3 aromatic rings. The monoisotopic (exact) mass is 447 g/mol. The number of benzene rings is 1. The summed E-state index contributed by atoms with van der Waals surface area (Å²) in [7, 11) is -1.30. The molecule has 4 rings (SSSR count). The summed E-state index contributed by atoms with van der Waals surface area (Å²) in [6.07, 6.45) is 2.16. The summed E-state index contributed by atoms with van der Waals surface area (Å²) < 4.78 is 34.7. The van der Waals surface area contributed by atoms with Gasteiger partial charge in [0, 0.05) is 19.0 Å². The summed E-state index contributed by atoms with van der Waals surface area (Å²) >= 11 is 1.58. The van der Waals surface area contributed by atoms with E-state index in [1.165, 1.54) is 0 Å². The normalized spacial score (nSPS) is 18.1. The van der Waals surface area contributed by atoms with Crippen molar-refractivity contribution in [2.24, 2.45) is 0 Å². The fourth-order valence-electron chi connectivity index (χ4n) is 3.72. The lowest BCUT2D eigenvalue weighted by molar-refractivity contribution is 0.198. The van der Waals surface area contributed by atoms with E-state index in [2.05, 4.69) is 15.0 Å². The van der Waals surface area contributed by atoms with Gasteiger partial charge in [-0.15, -0.1) is 11.3 Å². The largest absolute Gasteiger partial charge is 0.497 e. The van der Waals surface area contributed by atoms with Crippen LogP contribution in [0.2, 0.25) is 0 Å². The van der Waals surface area contributed by atoms with Crippen LogP contribution in [-0.4, -0.2) is 54.7 Å². The topological polar surface area (TPSA) is 85.5 Å². The zero-order valence-corrected chi connectivity index (χ0v) is 18.5. The minimum Gasteiger partial charge on any atom is -0.497 e. The van der Waals surface area contributed by atoms with Crippen molar-refractivity contribution in [2.75, 3.05) is 25.2 Å². The molecule has 1 atom stereocenters. The third kappa shape index (κ3) is 5.27. The maximum Gasteiger partial charge on any atom is 0.227 e. The van der Waals surface area contributed by atoms with Gasteiger partial charge in [0.05, 0.1) is 23.5 Å². The summed E-state index contributed by atoms with van der Waals surface area (Å²) in [6.45, 7) is 1.47. The highest BCUT2D eigenvalue weighted by Crippen LogP contribution is 2.23. The van der Waals surface area contributed by atoms with Crippen molar-refractivity contribution >= 4 is 21.2 Å². The van der Waals surface area contributed by atoms with Crippen LogP contribution in [0.4, 0.5) is 0 Å². The number of methoxy groups -OCH3 is 1. The molecular formula is C21H25N3O4S2. The number of aromatic nitrogens is 2. The number of thiophene rings is 1. The van der Waals surface area contributed by atoms with Gasteiger partial charge in [0.1, 0.15) is 5.75 Å². The third-order valence-corrected chi connectivity index (χ3v) is 7.93. The highest BCUT2D eigenvalue weighted by molar-refractivity contribution is 7.91. The first kappa shape index (κ1) is 21.0. The van der Waals surface area contributed by atoms with Crippen LogP contribution in [0.15, 0.2) is 46.3 Å². The van der Waals surface area contributed by atoms with Crippen molar-refractivity contribution < 1.29 is 17.7 Å². The first-order valence-electron chi connectivity index (χ1n) is 9.96. The molecule has 0 bridgehead atoms. The van der Waals surface area contributed by atoms with Gasteiger partial charge < -0.3 is 9.26 Å². The van der Waals surface area contributed by atoms with Crippen LogP contribution in [0.5, 0.6) is 5.75 Å². The van der Waals surface area contributed by atoms with Crippen LogP contribution >= 0.6 is 11.3 Å². The van der Waals surface area contributed by atoms with E-state index in [4.69, 9.17) is 9.26 Å². The second kappa shape index (κ2) is 9.28. The first-order chi connectivity index (χ1) is 14.5. The molecule has 1 fully saturated rings. The summed E-state index contributed by atoms with van der Waals surface area (Å²) in [5.41, 5.74) is 1.14. The molecule has 2 aromatic heterocycles. The van der Waals surface area contributed by atoms with Crippen molar-refractivity contribution in [2.45, 2.75) is 31.8 Å². The van der Waals surface area contributed by atoms with Gasteiger partial charge in [0.2, 0.25) is 11.7 Å². The number of rotatable bonds is 9. The Labute approximate surface area is 180 Å². The van der Waals surface area contributed by atoms with E-state index in [9.17, 15) is 8.42 Å². The lowest BCUT2D eigenvalue weighted by Crippen LogP contribution is -2.36. The molecular weight excluding hydrogens is 422 g/mol. The number of ether oxygens (including phenoxy) is 1. The summed E-state index contributed by atoms with van der Waals surface area (Å²) in [4.78, 5) is 7.73. The second-order valence-electron chi connectivity index (χ2n) is 7.47. The van der Waals surface area contributed by atoms with Gasteiger partial charge >= 0.3 is 0 Å². The lowest BCUT2D eigenvalue weighted by atomic mass is 10.1. The van der Waals surface area contributed by atoms with Crippen LogP contribution in [0, 0.1) is 0 Å². The number of aryl methyl sites for hydroxylation is 1. The van der Waals surface area contributed by atoms with Gasteiger partial charge in [0.15, 0.2) is 9.84 Å². The highest BCUT2D eigenvalue weighted by atomic mass is 32.2. The average Bonchev–Trinajstić information content (AvgIpc) is 3.48. The Morgan fingerprint density at radius 1 is 1.27 bits per heavy atom. The van der Waals surface area contributed by atoms with Gasteiger partial charge in [-0.3, -0.25) is 4.90 Å². The maximum atomic E-state index is 12.0. The molecule has 0 saturated carbocycles. The van der Waals surface area contributed by atoms with E-state index >= 15 is 0 Å². The van der Waals surface area contributed by atoms with Crippen LogP contribution in [0.1, 0.15) is 24.3 Å². The highest BCUT2D eigenvalue weighted by Gasteiger charge is 2.32. The molecule has 9 heteroatoms. The van der Waals surface area contributed by atoms with Gasteiger partial charge in [0.25, 0.3) is 0 Å². The fraction of sp³-hybridized carbons (Fsp3) is 0.429. The zero-order valence-electron chi connectivity index (χ0n) is 16.9. The number of hydrogen-bond acceptors (Lipinski definition) is 8. The molecule has 160 valence electrons. The van der Waals surface area contributed by atoms with Crippen molar-refractivity contribution in [3.05, 3.63) is 53.2 Å². The predicted molar refractivity (Wildman–Crippen MR) is 116 cm³/mol. The first-order valence-corrected chi connectivity index (χ1v) is 12.7. The summed E-state index contributed by atoms with van der Waals surface area (Å²) in [6, 6.07) is 11.9. The van der Waals surface area contributed by atoms with Crippen LogP contribution in [0.25, 0.3) is 10.7 Å². The summed E-state index contributed by atoms with van der Waals surface area (Å²) in [5, 5.41) is 6.04. The molecule has 0 radical (unpaired) electrons. The Morgan fingerprint density at radius 2 is 2.10 bits per heavy atom. The molecule has 1 saturated heterocycles. The standard InChI is InChI=1S/C21H25N3O4S2/c1-27-18-8-6-16(7-9-18)14-24(17-10-13-30(25,26)15-17)11-2-5-20-22-21(23-28-20)19-4-3-12-29-19/h3-4,6-9,12,17H,2,5,10-11,13-15H2,1H3. The molecule has 1 aliphatic rings. The average molecular weight is 448 g/mol. The van der Waals surface area contributed by atoms with Crippen molar-refractivity contribution in [3.63, 3.8) is 0 Å². The van der Waals surface area contributed by atoms with Gasteiger partial charge in [-0.2, -0.15) is 4.98 Å². The maximum absolute atomic E-state index is 12.0. The number of hydrogen-bond donors (Lipinski definition) is 0. The minimum absolute atomic E-state index is 0.0430. The Morgan fingerprint density at radius 3 is 2.77 bits per heavy atom. The van der Waals surface area contributed by atoms with Crippen molar-refractivity contribution in [1.29, 1.82) is 0 Å². The molecule has 0 spiro atoms. The van der Waals surface area contributed by atoms with Gasteiger partial charge in [-0.05, 0) is 48.5 Å². The molecule has 30 heavy (non-hydrogen) atoms. The molecule has 0 amide bonds. The fourth-order valence-corrected chi connectivity index (χ4v) is 6.13. The predicted octanol–water partition coefficient (Wildman–Crippen LogP) is 3.43. The van der Waals surface area contributed by atoms with Gasteiger partial charge in [-0.25, -0.2) is 8.42 Å².